The van der Waals surface area contributed by atoms with E-state index in [4.69, 9.17) is 0 Å². The lowest BCUT2D eigenvalue weighted by Gasteiger charge is -2.09. The SMILES string of the molecule is Fc1ccc(NCc2cc(F)ccc2F)c(I)c1. The van der Waals surface area contributed by atoms with E-state index in [0.717, 1.165) is 18.2 Å². The average molecular weight is 363 g/mol. The monoisotopic (exact) mass is 363 g/mol. The Balaban J connectivity index is 2.13. The predicted molar refractivity (Wildman–Crippen MR) is 72.8 cm³/mol. The van der Waals surface area contributed by atoms with Gasteiger partial charge in [-0.2, -0.15) is 0 Å². The van der Waals surface area contributed by atoms with Gasteiger partial charge in [0.25, 0.3) is 0 Å². The summed E-state index contributed by atoms with van der Waals surface area (Å²) in [7, 11) is 0. The molecule has 0 atom stereocenters. The van der Waals surface area contributed by atoms with Gasteiger partial charge in [-0.25, -0.2) is 13.2 Å². The summed E-state index contributed by atoms with van der Waals surface area (Å²) in [5, 5.41) is 2.94. The van der Waals surface area contributed by atoms with Gasteiger partial charge >= 0.3 is 0 Å². The van der Waals surface area contributed by atoms with Crippen molar-refractivity contribution in [2.45, 2.75) is 6.54 Å². The van der Waals surface area contributed by atoms with Crippen molar-refractivity contribution >= 4 is 28.3 Å². The van der Waals surface area contributed by atoms with E-state index < -0.39 is 11.6 Å². The molecule has 0 unspecified atom stereocenters. The van der Waals surface area contributed by atoms with Crippen LogP contribution in [-0.2, 0) is 6.54 Å². The Morgan fingerprint density at radius 2 is 1.61 bits per heavy atom. The van der Waals surface area contributed by atoms with Crippen LogP contribution in [0.3, 0.4) is 0 Å². The number of nitrogens with one attached hydrogen (secondary N) is 1. The zero-order valence-electron chi connectivity index (χ0n) is 9.18. The molecular formula is C13H9F3IN. The lowest BCUT2D eigenvalue weighted by molar-refractivity contribution is 0.587. The standard InChI is InChI=1S/C13H9F3IN/c14-9-1-3-11(16)8(5-9)7-18-13-4-2-10(15)6-12(13)17/h1-6,18H,7H2. The highest BCUT2D eigenvalue weighted by Gasteiger charge is 2.05. The fourth-order valence-corrected chi connectivity index (χ4v) is 2.17. The molecule has 2 aromatic carbocycles. The quantitative estimate of drug-likeness (QED) is 0.801. The lowest BCUT2D eigenvalue weighted by Crippen LogP contribution is -2.03. The molecule has 94 valence electrons. The minimum atomic E-state index is -0.484. The molecule has 1 N–H and O–H groups in total. The first kappa shape index (κ1) is 13.2. The van der Waals surface area contributed by atoms with Gasteiger partial charge in [0.1, 0.15) is 17.5 Å². The molecule has 2 rings (SSSR count). The first-order valence-electron chi connectivity index (χ1n) is 5.19. The number of halogens is 4. The third-order valence-electron chi connectivity index (χ3n) is 2.41. The molecule has 0 aliphatic heterocycles. The van der Waals surface area contributed by atoms with Crippen molar-refractivity contribution in [3.05, 3.63) is 63.0 Å². The lowest BCUT2D eigenvalue weighted by atomic mass is 10.2. The molecule has 0 bridgehead atoms. The van der Waals surface area contributed by atoms with Crippen LogP contribution in [-0.4, -0.2) is 0 Å². The summed E-state index contributed by atoms with van der Waals surface area (Å²) in [4.78, 5) is 0. The van der Waals surface area contributed by atoms with Crippen molar-refractivity contribution in [3.8, 4) is 0 Å². The molecule has 0 aromatic heterocycles. The van der Waals surface area contributed by atoms with Crippen LogP contribution in [0.1, 0.15) is 5.56 Å². The highest BCUT2D eigenvalue weighted by atomic mass is 127. The summed E-state index contributed by atoms with van der Waals surface area (Å²) in [6.07, 6.45) is 0. The summed E-state index contributed by atoms with van der Waals surface area (Å²) >= 11 is 1.97. The molecular weight excluding hydrogens is 354 g/mol. The Kier molecular flexibility index (Phi) is 4.11. The first-order chi connectivity index (χ1) is 8.56. The number of rotatable bonds is 3. The molecule has 0 heterocycles. The Hall–Kier alpha value is -1.24. The maximum absolute atomic E-state index is 13.4. The van der Waals surface area contributed by atoms with E-state index in [9.17, 15) is 13.2 Å². The van der Waals surface area contributed by atoms with Crippen LogP contribution in [0.5, 0.6) is 0 Å². The zero-order valence-corrected chi connectivity index (χ0v) is 11.3. The van der Waals surface area contributed by atoms with Crippen LogP contribution in [0.2, 0.25) is 0 Å². The van der Waals surface area contributed by atoms with Gasteiger partial charge in [-0.3, -0.25) is 0 Å². The summed E-state index contributed by atoms with van der Waals surface area (Å²) in [5.41, 5.74) is 0.913. The van der Waals surface area contributed by atoms with Gasteiger partial charge < -0.3 is 5.32 Å². The fraction of sp³-hybridized carbons (Fsp3) is 0.0769. The van der Waals surface area contributed by atoms with Crippen LogP contribution in [0, 0.1) is 21.0 Å². The van der Waals surface area contributed by atoms with Gasteiger partial charge in [0.2, 0.25) is 0 Å². The molecule has 0 radical (unpaired) electrons. The van der Waals surface area contributed by atoms with E-state index in [1.165, 1.54) is 12.1 Å². The van der Waals surface area contributed by atoms with Crippen LogP contribution in [0.25, 0.3) is 0 Å². The van der Waals surface area contributed by atoms with Gasteiger partial charge in [-0.1, -0.05) is 0 Å². The van der Waals surface area contributed by atoms with Crippen molar-refractivity contribution in [1.29, 1.82) is 0 Å². The van der Waals surface area contributed by atoms with Crippen LogP contribution < -0.4 is 5.32 Å². The van der Waals surface area contributed by atoms with Crippen molar-refractivity contribution in [2.75, 3.05) is 5.32 Å². The Morgan fingerprint density at radius 1 is 0.944 bits per heavy atom. The van der Waals surface area contributed by atoms with Crippen molar-refractivity contribution in [1.82, 2.24) is 0 Å². The van der Waals surface area contributed by atoms with Gasteiger partial charge in [-0.05, 0) is 59.0 Å². The molecule has 0 saturated heterocycles. The van der Waals surface area contributed by atoms with E-state index in [0.29, 0.717) is 9.26 Å². The van der Waals surface area contributed by atoms with Crippen molar-refractivity contribution in [2.24, 2.45) is 0 Å². The summed E-state index contributed by atoms with van der Waals surface area (Å²) in [5.74, 6) is -1.29. The first-order valence-corrected chi connectivity index (χ1v) is 6.27. The second kappa shape index (κ2) is 5.60. The number of hydrogen-bond acceptors (Lipinski definition) is 1. The topological polar surface area (TPSA) is 12.0 Å². The summed E-state index contributed by atoms with van der Waals surface area (Å²) < 4.78 is 39.9. The summed E-state index contributed by atoms with van der Waals surface area (Å²) in [6, 6.07) is 7.53. The normalized spacial score (nSPS) is 10.4. The Labute approximate surface area is 116 Å². The number of hydrogen-bond donors (Lipinski definition) is 1. The highest BCUT2D eigenvalue weighted by Crippen LogP contribution is 2.20. The second-order valence-corrected chi connectivity index (χ2v) is 4.88. The number of benzene rings is 2. The third-order valence-corrected chi connectivity index (χ3v) is 3.30. The Morgan fingerprint density at radius 3 is 2.33 bits per heavy atom. The zero-order chi connectivity index (χ0) is 13.1. The minimum absolute atomic E-state index is 0.144. The fourth-order valence-electron chi connectivity index (χ4n) is 1.50. The molecule has 0 aliphatic carbocycles. The van der Waals surface area contributed by atoms with Crippen LogP contribution >= 0.6 is 22.6 Å². The average Bonchev–Trinajstić information content (AvgIpc) is 2.32. The summed E-state index contributed by atoms with van der Waals surface area (Å²) in [6.45, 7) is 0.144. The molecule has 18 heavy (non-hydrogen) atoms. The molecule has 1 nitrogen and oxygen atoms in total. The van der Waals surface area contributed by atoms with E-state index in [-0.39, 0.29) is 17.9 Å². The van der Waals surface area contributed by atoms with E-state index in [1.807, 2.05) is 22.6 Å². The smallest absolute Gasteiger partial charge is 0.128 e. The van der Waals surface area contributed by atoms with Gasteiger partial charge in [0.05, 0.1) is 0 Å². The van der Waals surface area contributed by atoms with Gasteiger partial charge in [0, 0.05) is 21.4 Å². The van der Waals surface area contributed by atoms with Crippen molar-refractivity contribution < 1.29 is 13.2 Å². The van der Waals surface area contributed by atoms with Crippen LogP contribution in [0.15, 0.2) is 36.4 Å². The second-order valence-electron chi connectivity index (χ2n) is 3.71. The maximum Gasteiger partial charge on any atom is 0.128 e. The van der Waals surface area contributed by atoms with Crippen molar-refractivity contribution in [3.63, 3.8) is 0 Å². The largest absolute Gasteiger partial charge is 0.380 e. The minimum Gasteiger partial charge on any atom is -0.380 e. The molecule has 0 fully saturated rings. The number of anilines is 1. The van der Waals surface area contributed by atoms with E-state index in [2.05, 4.69) is 5.32 Å². The Bertz CT molecular complexity index is 572. The molecule has 0 saturated carbocycles. The van der Waals surface area contributed by atoms with Crippen LogP contribution in [0.4, 0.5) is 18.9 Å². The molecule has 0 amide bonds. The maximum atomic E-state index is 13.4. The van der Waals surface area contributed by atoms with Gasteiger partial charge in [-0.15, -0.1) is 0 Å². The molecule has 0 spiro atoms. The van der Waals surface area contributed by atoms with Gasteiger partial charge in [0.15, 0.2) is 0 Å². The third kappa shape index (κ3) is 3.16. The predicted octanol–water partition coefficient (Wildman–Crippen LogP) is 4.32. The molecule has 0 aliphatic rings. The van der Waals surface area contributed by atoms with E-state index >= 15 is 0 Å². The molecule has 2 aromatic rings. The van der Waals surface area contributed by atoms with E-state index in [1.54, 1.807) is 6.07 Å². The molecule has 5 heteroatoms. The highest BCUT2D eigenvalue weighted by molar-refractivity contribution is 14.1.